The number of amides is 1. The number of hydrogen-bond donors (Lipinski definition) is 1. The smallest absolute Gasteiger partial charge is 0.225 e. The number of rotatable bonds is 1. The average Bonchev–Trinajstić information content (AvgIpc) is 2.61. The van der Waals surface area contributed by atoms with E-state index in [9.17, 15) is 4.79 Å². The highest BCUT2D eigenvalue weighted by Crippen LogP contribution is 2.35. The van der Waals surface area contributed by atoms with Gasteiger partial charge in [-0.1, -0.05) is 20.3 Å². The fraction of sp³-hybridized carbons (Fsp3) is 0.917. The van der Waals surface area contributed by atoms with Crippen LogP contribution in [-0.2, 0) is 4.79 Å². The van der Waals surface area contributed by atoms with Crippen LogP contribution in [0.1, 0.15) is 33.1 Å². The van der Waals surface area contributed by atoms with E-state index < -0.39 is 0 Å². The van der Waals surface area contributed by atoms with Crippen molar-refractivity contribution < 1.29 is 4.79 Å². The molecule has 2 fully saturated rings. The predicted molar refractivity (Wildman–Crippen MR) is 67.5 cm³/mol. The maximum absolute atomic E-state index is 11.9. The van der Waals surface area contributed by atoms with Gasteiger partial charge in [-0.25, -0.2) is 0 Å². The van der Waals surface area contributed by atoms with E-state index >= 15 is 0 Å². The lowest BCUT2D eigenvalue weighted by molar-refractivity contribution is -0.133. The van der Waals surface area contributed by atoms with Gasteiger partial charge in [0, 0.05) is 25.0 Å². The van der Waals surface area contributed by atoms with Gasteiger partial charge in [-0.3, -0.25) is 4.79 Å². The summed E-state index contributed by atoms with van der Waals surface area (Å²) in [6.07, 6.45) is 3.65. The van der Waals surface area contributed by atoms with E-state index in [0.29, 0.717) is 23.8 Å². The Hall–Kier alpha value is -0.280. The van der Waals surface area contributed by atoms with Crippen molar-refractivity contribution in [1.29, 1.82) is 0 Å². The van der Waals surface area contributed by atoms with E-state index in [1.165, 1.54) is 12.8 Å². The van der Waals surface area contributed by atoms with Crippen molar-refractivity contribution >= 4 is 18.3 Å². The molecule has 3 atom stereocenters. The van der Waals surface area contributed by atoms with Crippen LogP contribution in [0.2, 0.25) is 0 Å². The largest absolute Gasteiger partial charge is 0.342 e. The number of likely N-dealkylation sites (tertiary alicyclic amines) is 1. The molecule has 1 aliphatic heterocycles. The van der Waals surface area contributed by atoms with Gasteiger partial charge in [0.15, 0.2) is 0 Å². The molecule has 0 aromatic heterocycles. The van der Waals surface area contributed by atoms with Gasteiger partial charge in [0.2, 0.25) is 5.91 Å². The van der Waals surface area contributed by atoms with Gasteiger partial charge in [0.1, 0.15) is 0 Å². The minimum atomic E-state index is 0. The van der Waals surface area contributed by atoms with E-state index in [0.717, 1.165) is 19.5 Å². The Morgan fingerprint density at radius 2 is 2.00 bits per heavy atom. The quantitative estimate of drug-likeness (QED) is 0.765. The molecule has 0 aromatic rings. The highest BCUT2D eigenvalue weighted by molar-refractivity contribution is 5.85. The van der Waals surface area contributed by atoms with Crippen molar-refractivity contribution in [2.45, 2.75) is 39.2 Å². The summed E-state index contributed by atoms with van der Waals surface area (Å²) < 4.78 is 0. The summed E-state index contributed by atoms with van der Waals surface area (Å²) in [6, 6.07) is 0.328. The van der Waals surface area contributed by atoms with Crippen LogP contribution in [0.25, 0.3) is 0 Å². The molecule has 2 rings (SSSR count). The summed E-state index contributed by atoms with van der Waals surface area (Å²) in [5.74, 6) is 1.68. The minimum absolute atomic E-state index is 0. The number of nitrogens with two attached hydrogens (primary N) is 1. The molecular weight excluding hydrogens is 224 g/mol. The van der Waals surface area contributed by atoms with Gasteiger partial charge in [-0.05, 0) is 24.7 Å². The number of carbonyl (C=O) groups excluding carboxylic acids is 1. The van der Waals surface area contributed by atoms with Crippen LogP contribution < -0.4 is 5.73 Å². The molecule has 0 radical (unpaired) electrons. The minimum Gasteiger partial charge on any atom is -0.342 e. The summed E-state index contributed by atoms with van der Waals surface area (Å²) >= 11 is 0. The number of fused-ring (bicyclic) bond motifs is 1. The monoisotopic (exact) mass is 246 g/mol. The van der Waals surface area contributed by atoms with Gasteiger partial charge in [0.05, 0.1) is 0 Å². The average molecular weight is 247 g/mol. The zero-order chi connectivity index (χ0) is 11.0. The Morgan fingerprint density at radius 3 is 2.56 bits per heavy atom. The zero-order valence-electron chi connectivity index (χ0n) is 10.2. The molecule has 3 nitrogen and oxygen atoms in total. The summed E-state index contributed by atoms with van der Waals surface area (Å²) in [4.78, 5) is 13.9. The summed E-state index contributed by atoms with van der Waals surface area (Å²) in [6.45, 7) is 5.81. The lowest BCUT2D eigenvalue weighted by Gasteiger charge is -2.29. The third-order valence-corrected chi connectivity index (χ3v) is 3.96. The van der Waals surface area contributed by atoms with Gasteiger partial charge in [-0.2, -0.15) is 0 Å². The summed E-state index contributed by atoms with van der Waals surface area (Å²) in [7, 11) is 0. The second-order valence-corrected chi connectivity index (χ2v) is 5.42. The van der Waals surface area contributed by atoms with Gasteiger partial charge in [-0.15, -0.1) is 12.4 Å². The molecule has 2 aliphatic rings. The van der Waals surface area contributed by atoms with Gasteiger partial charge >= 0.3 is 0 Å². The van der Waals surface area contributed by atoms with Crippen LogP contribution in [0, 0.1) is 17.8 Å². The third kappa shape index (κ3) is 2.51. The maximum atomic E-state index is 11.9. The summed E-state index contributed by atoms with van der Waals surface area (Å²) in [5, 5.41) is 0. The Balaban J connectivity index is 0.00000128. The summed E-state index contributed by atoms with van der Waals surface area (Å²) in [5.41, 5.74) is 6.12. The molecule has 0 aromatic carbocycles. The number of nitrogens with zero attached hydrogens (tertiary/aromatic N) is 1. The highest BCUT2D eigenvalue weighted by Gasteiger charge is 2.40. The fourth-order valence-corrected chi connectivity index (χ4v) is 3.06. The molecule has 1 aliphatic carbocycles. The molecule has 16 heavy (non-hydrogen) atoms. The lowest BCUT2D eigenvalue weighted by atomic mass is 9.78. The second kappa shape index (κ2) is 5.37. The first kappa shape index (κ1) is 13.8. The first-order valence-corrected chi connectivity index (χ1v) is 6.14. The van der Waals surface area contributed by atoms with E-state index in [1.54, 1.807) is 0 Å². The predicted octanol–water partition coefficient (Wildman–Crippen LogP) is 1.65. The molecule has 1 saturated heterocycles. The van der Waals surface area contributed by atoms with Crippen molar-refractivity contribution in [3.05, 3.63) is 0 Å². The third-order valence-electron chi connectivity index (χ3n) is 3.96. The molecule has 0 spiro atoms. The fourth-order valence-electron chi connectivity index (χ4n) is 3.06. The Kier molecular flexibility index (Phi) is 4.62. The molecule has 94 valence electrons. The molecular formula is C12H23ClN2O. The number of halogens is 1. The van der Waals surface area contributed by atoms with Crippen LogP contribution in [-0.4, -0.2) is 29.9 Å². The second-order valence-electron chi connectivity index (χ2n) is 5.42. The highest BCUT2D eigenvalue weighted by atomic mass is 35.5. The standard InChI is InChI=1S/C12H22N2O.ClH/c1-8(2)12(15)14-6-9-4-3-5-11(13)10(9)7-14;/h8-11H,3-7,13H2,1-2H3;1H. The zero-order valence-corrected chi connectivity index (χ0v) is 11.0. The van der Waals surface area contributed by atoms with Crippen LogP contribution >= 0.6 is 12.4 Å². The maximum Gasteiger partial charge on any atom is 0.225 e. The van der Waals surface area contributed by atoms with Crippen LogP contribution in [0.3, 0.4) is 0 Å². The SMILES string of the molecule is CC(C)C(=O)N1CC2CCCC(N)C2C1.Cl. The van der Waals surface area contributed by atoms with Crippen molar-refractivity contribution in [3.8, 4) is 0 Å². The molecule has 2 N–H and O–H groups in total. The first-order chi connectivity index (χ1) is 7.09. The van der Waals surface area contributed by atoms with Crippen molar-refractivity contribution in [2.75, 3.05) is 13.1 Å². The lowest BCUT2D eigenvalue weighted by Crippen LogP contribution is -2.38. The van der Waals surface area contributed by atoms with Crippen molar-refractivity contribution in [1.82, 2.24) is 4.90 Å². The Morgan fingerprint density at radius 1 is 1.31 bits per heavy atom. The van der Waals surface area contributed by atoms with Gasteiger partial charge in [0.25, 0.3) is 0 Å². The molecule has 1 saturated carbocycles. The van der Waals surface area contributed by atoms with Crippen molar-refractivity contribution in [2.24, 2.45) is 23.5 Å². The van der Waals surface area contributed by atoms with E-state index in [2.05, 4.69) is 0 Å². The topological polar surface area (TPSA) is 46.3 Å². The van der Waals surface area contributed by atoms with Crippen LogP contribution in [0.5, 0.6) is 0 Å². The normalized spacial score (nSPS) is 33.5. The van der Waals surface area contributed by atoms with E-state index in [-0.39, 0.29) is 18.3 Å². The molecule has 1 heterocycles. The Labute approximate surface area is 104 Å². The molecule has 4 heteroatoms. The molecule has 3 unspecified atom stereocenters. The van der Waals surface area contributed by atoms with E-state index in [1.807, 2.05) is 18.7 Å². The van der Waals surface area contributed by atoms with E-state index in [4.69, 9.17) is 5.73 Å². The van der Waals surface area contributed by atoms with Crippen molar-refractivity contribution in [3.63, 3.8) is 0 Å². The molecule has 0 bridgehead atoms. The Bertz CT molecular complexity index is 257. The first-order valence-electron chi connectivity index (χ1n) is 6.14. The number of carbonyl (C=O) groups is 1. The van der Waals surface area contributed by atoms with Gasteiger partial charge < -0.3 is 10.6 Å². The molecule has 1 amide bonds. The van der Waals surface area contributed by atoms with Crippen LogP contribution in [0.4, 0.5) is 0 Å². The van der Waals surface area contributed by atoms with Crippen LogP contribution in [0.15, 0.2) is 0 Å². The number of hydrogen-bond acceptors (Lipinski definition) is 2.